The highest BCUT2D eigenvalue weighted by atomic mass is 14.9. The van der Waals surface area contributed by atoms with Crippen LogP contribution < -0.4 is 5.32 Å². The van der Waals surface area contributed by atoms with Crippen LogP contribution in [-0.4, -0.2) is 6.04 Å². The molecule has 2 aliphatic rings. The standard InChI is InChI=1S/C18H27N/c1-13-7-8-14(2)18(11-13)19-17-10-9-15-5-3-4-6-16(15)12-17/h7-8,11,15-17,19H,3-6,9-10,12H2,1-2H3. The van der Waals surface area contributed by atoms with E-state index in [0.717, 1.165) is 11.8 Å². The molecule has 1 aromatic carbocycles. The van der Waals surface area contributed by atoms with Gasteiger partial charge in [0.25, 0.3) is 0 Å². The van der Waals surface area contributed by atoms with Gasteiger partial charge in [0.05, 0.1) is 0 Å². The van der Waals surface area contributed by atoms with E-state index in [1.165, 1.54) is 61.8 Å². The van der Waals surface area contributed by atoms with E-state index in [1.807, 2.05) is 0 Å². The maximum atomic E-state index is 3.82. The summed E-state index contributed by atoms with van der Waals surface area (Å²) in [7, 11) is 0. The molecule has 19 heavy (non-hydrogen) atoms. The first kappa shape index (κ1) is 13.0. The second-order valence-electron chi connectivity index (χ2n) is 6.78. The summed E-state index contributed by atoms with van der Waals surface area (Å²) in [5.74, 6) is 2.05. The fraction of sp³-hybridized carbons (Fsp3) is 0.667. The van der Waals surface area contributed by atoms with Crippen molar-refractivity contribution < 1.29 is 0 Å². The first-order chi connectivity index (χ1) is 9.22. The number of aryl methyl sites for hydroxylation is 2. The Morgan fingerprint density at radius 1 is 0.947 bits per heavy atom. The molecule has 0 amide bonds. The highest BCUT2D eigenvalue weighted by Crippen LogP contribution is 2.41. The molecule has 0 saturated heterocycles. The lowest BCUT2D eigenvalue weighted by atomic mass is 9.69. The lowest BCUT2D eigenvalue weighted by molar-refractivity contribution is 0.162. The normalized spacial score (nSPS) is 30.7. The van der Waals surface area contributed by atoms with Crippen molar-refractivity contribution in [3.05, 3.63) is 29.3 Å². The van der Waals surface area contributed by atoms with Crippen LogP contribution in [0.3, 0.4) is 0 Å². The van der Waals surface area contributed by atoms with Crippen LogP contribution in [-0.2, 0) is 0 Å². The molecule has 0 spiro atoms. The minimum atomic E-state index is 0.708. The molecular formula is C18H27N. The third-order valence-corrected chi connectivity index (χ3v) is 5.29. The van der Waals surface area contributed by atoms with Gasteiger partial charge < -0.3 is 5.32 Å². The molecule has 1 aromatic rings. The van der Waals surface area contributed by atoms with Gasteiger partial charge >= 0.3 is 0 Å². The van der Waals surface area contributed by atoms with E-state index in [-0.39, 0.29) is 0 Å². The zero-order valence-corrected chi connectivity index (χ0v) is 12.4. The lowest BCUT2D eigenvalue weighted by Gasteiger charge is -2.40. The first-order valence-electron chi connectivity index (χ1n) is 8.06. The van der Waals surface area contributed by atoms with Crippen LogP contribution in [0, 0.1) is 25.7 Å². The number of anilines is 1. The molecule has 2 saturated carbocycles. The van der Waals surface area contributed by atoms with Gasteiger partial charge in [-0.25, -0.2) is 0 Å². The Morgan fingerprint density at radius 3 is 2.58 bits per heavy atom. The topological polar surface area (TPSA) is 12.0 Å². The van der Waals surface area contributed by atoms with Crippen molar-refractivity contribution in [3.8, 4) is 0 Å². The van der Waals surface area contributed by atoms with Crippen molar-refractivity contribution in [2.75, 3.05) is 5.32 Å². The number of benzene rings is 1. The largest absolute Gasteiger partial charge is 0.382 e. The second-order valence-corrected chi connectivity index (χ2v) is 6.78. The fourth-order valence-electron chi connectivity index (χ4n) is 4.12. The predicted octanol–water partition coefficient (Wildman–Crippen LogP) is 5.07. The van der Waals surface area contributed by atoms with E-state index in [0.29, 0.717) is 6.04 Å². The van der Waals surface area contributed by atoms with Gasteiger partial charge in [-0.15, -0.1) is 0 Å². The molecule has 0 bridgehead atoms. The molecule has 0 heterocycles. The first-order valence-corrected chi connectivity index (χ1v) is 8.06. The summed E-state index contributed by atoms with van der Waals surface area (Å²) in [5, 5.41) is 3.82. The summed E-state index contributed by atoms with van der Waals surface area (Å²) in [6.07, 6.45) is 10.2. The molecule has 3 rings (SSSR count). The molecule has 0 aliphatic heterocycles. The molecule has 2 fully saturated rings. The van der Waals surface area contributed by atoms with E-state index >= 15 is 0 Å². The quantitative estimate of drug-likeness (QED) is 0.779. The zero-order chi connectivity index (χ0) is 13.2. The molecule has 1 heteroatoms. The van der Waals surface area contributed by atoms with Gasteiger partial charge in [0.15, 0.2) is 0 Å². The highest BCUT2D eigenvalue weighted by molar-refractivity contribution is 5.53. The number of rotatable bonds is 2. The molecule has 1 nitrogen and oxygen atoms in total. The Bertz CT molecular complexity index is 437. The van der Waals surface area contributed by atoms with Gasteiger partial charge in [0.1, 0.15) is 0 Å². The Morgan fingerprint density at radius 2 is 1.74 bits per heavy atom. The minimum absolute atomic E-state index is 0.708. The van der Waals surface area contributed by atoms with E-state index in [1.54, 1.807) is 0 Å². The SMILES string of the molecule is Cc1ccc(C)c(NC2CCC3CCCCC3C2)c1. The summed E-state index contributed by atoms with van der Waals surface area (Å²) in [6, 6.07) is 7.46. The average Bonchev–Trinajstić information content (AvgIpc) is 2.43. The van der Waals surface area contributed by atoms with Gasteiger partial charge in [0, 0.05) is 11.7 Å². The molecule has 0 aromatic heterocycles. The molecule has 3 atom stereocenters. The van der Waals surface area contributed by atoms with Gasteiger partial charge in [-0.05, 0) is 62.1 Å². The van der Waals surface area contributed by atoms with Crippen LogP contribution in [0.25, 0.3) is 0 Å². The summed E-state index contributed by atoms with van der Waals surface area (Å²) in [4.78, 5) is 0. The lowest BCUT2D eigenvalue weighted by Crippen LogP contribution is -2.34. The summed E-state index contributed by atoms with van der Waals surface area (Å²) in [5.41, 5.74) is 4.11. The summed E-state index contributed by atoms with van der Waals surface area (Å²) < 4.78 is 0. The van der Waals surface area contributed by atoms with E-state index < -0.39 is 0 Å². The number of hydrogen-bond acceptors (Lipinski definition) is 1. The molecule has 2 aliphatic carbocycles. The summed E-state index contributed by atoms with van der Waals surface area (Å²) >= 11 is 0. The van der Waals surface area contributed by atoms with E-state index in [9.17, 15) is 0 Å². The smallest absolute Gasteiger partial charge is 0.0374 e. The van der Waals surface area contributed by atoms with Crippen molar-refractivity contribution in [2.24, 2.45) is 11.8 Å². The monoisotopic (exact) mass is 257 g/mol. The molecular weight excluding hydrogens is 230 g/mol. The van der Waals surface area contributed by atoms with E-state index in [4.69, 9.17) is 0 Å². The third kappa shape index (κ3) is 2.96. The van der Waals surface area contributed by atoms with Crippen LogP contribution in [0.15, 0.2) is 18.2 Å². The Hall–Kier alpha value is -0.980. The van der Waals surface area contributed by atoms with Crippen LogP contribution in [0.1, 0.15) is 56.1 Å². The average molecular weight is 257 g/mol. The van der Waals surface area contributed by atoms with Crippen LogP contribution >= 0.6 is 0 Å². The molecule has 104 valence electrons. The van der Waals surface area contributed by atoms with Gasteiger partial charge in [-0.3, -0.25) is 0 Å². The third-order valence-electron chi connectivity index (χ3n) is 5.29. The Balaban J connectivity index is 1.65. The predicted molar refractivity (Wildman–Crippen MR) is 82.6 cm³/mol. The van der Waals surface area contributed by atoms with Crippen molar-refractivity contribution in [1.29, 1.82) is 0 Å². The van der Waals surface area contributed by atoms with Crippen molar-refractivity contribution in [3.63, 3.8) is 0 Å². The number of hydrogen-bond donors (Lipinski definition) is 1. The van der Waals surface area contributed by atoms with Crippen molar-refractivity contribution in [1.82, 2.24) is 0 Å². The highest BCUT2D eigenvalue weighted by Gasteiger charge is 2.32. The van der Waals surface area contributed by atoms with Gasteiger partial charge in [-0.2, -0.15) is 0 Å². The number of nitrogens with one attached hydrogen (secondary N) is 1. The van der Waals surface area contributed by atoms with Crippen LogP contribution in [0.4, 0.5) is 5.69 Å². The number of fused-ring (bicyclic) bond motifs is 1. The fourth-order valence-corrected chi connectivity index (χ4v) is 4.12. The molecule has 0 radical (unpaired) electrons. The van der Waals surface area contributed by atoms with E-state index in [2.05, 4.69) is 37.4 Å². The van der Waals surface area contributed by atoms with Crippen molar-refractivity contribution >= 4 is 5.69 Å². The molecule has 3 unspecified atom stereocenters. The minimum Gasteiger partial charge on any atom is -0.382 e. The van der Waals surface area contributed by atoms with Crippen LogP contribution in [0.5, 0.6) is 0 Å². The maximum absolute atomic E-state index is 3.82. The van der Waals surface area contributed by atoms with Crippen LogP contribution in [0.2, 0.25) is 0 Å². The Kier molecular flexibility index (Phi) is 3.81. The second kappa shape index (κ2) is 5.56. The summed E-state index contributed by atoms with van der Waals surface area (Å²) in [6.45, 7) is 4.40. The van der Waals surface area contributed by atoms with Gasteiger partial charge in [-0.1, -0.05) is 37.8 Å². The Labute approximate surface area is 117 Å². The zero-order valence-electron chi connectivity index (χ0n) is 12.4. The molecule has 1 N–H and O–H groups in total. The van der Waals surface area contributed by atoms with Crippen molar-refractivity contribution in [2.45, 2.75) is 64.8 Å². The van der Waals surface area contributed by atoms with Gasteiger partial charge in [0.2, 0.25) is 0 Å². The maximum Gasteiger partial charge on any atom is 0.0374 e.